The number of nitrogens with zero attached hydrogens (tertiary/aromatic N) is 1. The minimum atomic E-state index is 0.362. The molecule has 0 spiro atoms. The third-order valence-electron chi connectivity index (χ3n) is 2.07. The highest BCUT2D eigenvalue weighted by Crippen LogP contribution is 2.39. The van der Waals surface area contributed by atoms with Crippen LogP contribution in [0.15, 0.2) is 10.7 Å². The quantitative estimate of drug-likeness (QED) is 0.695. The minimum Gasteiger partial charge on any atom is -0.447 e. The Morgan fingerprint density at radius 3 is 3.38 bits per heavy atom. The fraction of sp³-hybridized carbons (Fsp3) is 0.556. The predicted molar refractivity (Wildman–Crippen MR) is 50.7 cm³/mol. The molecule has 0 aromatic carbocycles. The maximum absolute atomic E-state index is 10.2. The van der Waals surface area contributed by atoms with Gasteiger partial charge in [-0.1, -0.05) is 0 Å². The standard InChI is InChI=1S/C9H11NO2S/c11-4-3-7-6-12-9(10-7)8-2-1-5-13-8/h4,6,8H,1-3,5H2. The molecule has 1 atom stereocenters. The molecule has 0 amide bonds. The largest absolute Gasteiger partial charge is 0.447 e. The van der Waals surface area contributed by atoms with Crippen LogP contribution in [0.5, 0.6) is 0 Å². The number of hydrogen-bond acceptors (Lipinski definition) is 4. The topological polar surface area (TPSA) is 43.1 Å². The van der Waals surface area contributed by atoms with Gasteiger partial charge in [0.15, 0.2) is 0 Å². The van der Waals surface area contributed by atoms with Gasteiger partial charge in [0, 0.05) is 6.42 Å². The lowest BCUT2D eigenvalue weighted by molar-refractivity contribution is -0.107. The second-order valence-corrected chi connectivity index (χ2v) is 4.36. The lowest BCUT2D eigenvalue weighted by atomic mass is 10.2. The summed E-state index contributed by atoms with van der Waals surface area (Å²) in [5.74, 6) is 1.98. The monoisotopic (exact) mass is 197 g/mol. The predicted octanol–water partition coefficient (Wildman–Crippen LogP) is 1.98. The number of aldehydes is 1. The van der Waals surface area contributed by atoms with Crippen LogP contribution < -0.4 is 0 Å². The Morgan fingerprint density at radius 1 is 1.77 bits per heavy atom. The van der Waals surface area contributed by atoms with Crippen LogP contribution in [0.2, 0.25) is 0 Å². The molecule has 0 radical (unpaired) electrons. The van der Waals surface area contributed by atoms with Crippen molar-refractivity contribution >= 4 is 18.0 Å². The zero-order valence-corrected chi connectivity index (χ0v) is 8.05. The molecule has 1 unspecified atom stereocenters. The number of aromatic nitrogens is 1. The number of oxazole rings is 1. The van der Waals surface area contributed by atoms with E-state index in [1.54, 1.807) is 6.26 Å². The number of carbonyl (C=O) groups excluding carboxylic acids is 1. The first-order chi connectivity index (χ1) is 6.40. The summed E-state index contributed by atoms with van der Waals surface area (Å²) in [5, 5.41) is 0.417. The summed E-state index contributed by atoms with van der Waals surface area (Å²) >= 11 is 1.88. The van der Waals surface area contributed by atoms with Crippen LogP contribution in [0.4, 0.5) is 0 Å². The zero-order chi connectivity index (χ0) is 9.10. The maximum atomic E-state index is 10.2. The Kier molecular flexibility index (Phi) is 2.68. The second-order valence-electron chi connectivity index (χ2n) is 3.05. The van der Waals surface area contributed by atoms with Gasteiger partial charge in [0.2, 0.25) is 5.89 Å². The van der Waals surface area contributed by atoms with E-state index in [-0.39, 0.29) is 0 Å². The van der Waals surface area contributed by atoms with Crippen LogP contribution in [-0.4, -0.2) is 17.0 Å². The molecule has 2 heterocycles. The van der Waals surface area contributed by atoms with Crippen molar-refractivity contribution in [2.45, 2.75) is 24.5 Å². The van der Waals surface area contributed by atoms with Gasteiger partial charge >= 0.3 is 0 Å². The van der Waals surface area contributed by atoms with Crippen LogP contribution in [0, 0.1) is 0 Å². The highest BCUT2D eigenvalue weighted by Gasteiger charge is 2.22. The Balaban J connectivity index is 2.07. The summed E-state index contributed by atoms with van der Waals surface area (Å²) in [6.45, 7) is 0. The van der Waals surface area contributed by atoms with Crippen LogP contribution >= 0.6 is 11.8 Å². The molecule has 1 saturated heterocycles. The summed E-state index contributed by atoms with van der Waals surface area (Å²) in [6.07, 6.45) is 5.18. The van der Waals surface area contributed by atoms with Gasteiger partial charge in [-0.25, -0.2) is 4.98 Å². The Morgan fingerprint density at radius 2 is 2.69 bits per heavy atom. The lowest BCUT2D eigenvalue weighted by Crippen LogP contribution is -1.90. The molecule has 0 saturated carbocycles. The highest BCUT2D eigenvalue weighted by atomic mass is 32.2. The smallest absolute Gasteiger partial charge is 0.207 e. The normalized spacial score (nSPS) is 22.0. The summed E-state index contributed by atoms with van der Waals surface area (Å²) in [6, 6.07) is 0. The van der Waals surface area contributed by atoms with Crippen molar-refractivity contribution in [3.63, 3.8) is 0 Å². The van der Waals surface area contributed by atoms with Crippen molar-refractivity contribution in [3.05, 3.63) is 17.8 Å². The molecule has 1 aromatic rings. The fourth-order valence-corrected chi connectivity index (χ4v) is 2.62. The molecule has 70 valence electrons. The molecule has 0 bridgehead atoms. The van der Waals surface area contributed by atoms with E-state index in [1.165, 1.54) is 12.2 Å². The van der Waals surface area contributed by atoms with E-state index in [9.17, 15) is 4.79 Å². The SMILES string of the molecule is O=CCc1coc(C2CCCS2)n1. The molecule has 0 N–H and O–H groups in total. The minimum absolute atomic E-state index is 0.362. The summed E-state index contributed by atoms with van der Waals surface area (Å²) in [7, 11) is 0. The van der Waals surface area contributed by atoms with Crippen molar-refractivity contribution in [1.82, 2.24) is 4.98 Å². The van der Waals surface area contributed by atoms with Crippen molar-refractivity contribution < 1.29 is 9.21 Å². The van der Waals surface area contributed by atoms with Gasteiger partial charge < -0.3 is 9.21 Å². The lowest BCUT2D eigenvalue weighted by Gasteiger charge is -2.00. The van der Waals surface area contributed by atoms with E-state index in [2.05, 4.69) is 4.98 Å². The molecule has 4 heteroatoms. The van der Waals surface area contributed by atoms with Crippen LogP contribution in [0.3, 0.4) is 0 Å². The van der Waals surface area contributed by atoms with Crippen molar-refractivity contribution in [3.8, 4) is 0 Å². The second kappa shape index (κ2) is 3.96. The number of rotatable bonds is 3. The van der Waals surface area contributed by atoms with Crippen LogP contribution in [0.1, 0.15) is 29.7 Å². The first kappa shape index (κ1) is 8.81. The fourth-order valence-electron chi connectivity index (χ4n) is 1.42. The first-order valence-corrected chi connectivity index (χ1v) is 5.44. The average molecular weight is 197 g/mol. The Labute approximate surface area is 80.9 Å². The zero-order valence-electron chi connectivity index (χ0n) is 7.23. The Bertz CT molecular complexity index is 292. The third kappa shape index (κ3) is 1.94. The van der Waals surface area contributed by atoms with Crippen molar-refractivity contribution in [1.29, 1.82) is 0 Å². The summed E-state index contributed by atoms with van der Waals surface area (Å²) in [5.41, 5.74) is 0.748. The molecule has 1 aliphatic rings. The first-order valence-electron chi connectivity index (χ1n) is 4.39. The van der Waals surface area contributed by atoms with E-state index >= 15 is 0 Å². The van der Waals surface area contributed by atoms with E-state index in [0.29, 0.717) is 11.7 Å². The van der Waals surface area contributed by atoms with Gasteiger partial charge in [-0.05, 0) is 18.6 Å². The van der Waals surface area contributed by atoms with Gasteiger partial charge in [-0.3, -0.25) is 0 Å². The van der Waals surface area contributed by atoms with E-state index in [4.69, 9.17) is 4.42 Å². The van der Waals surface area contributed by atoms with E-state index < -0.39 is 0 Å². The van der Waals surface area contributed by atoms with Crippen molar-refractivity contribution in [2.75, 3.05) is 5.75 Å². The third-order valence-corrected chi connectivity index (χ3v) is 3.43. The molecule has 1 aromatic heterocycles. The number of carbonyl (C=O) groups is 1. The van der Waals surface area contributed by atoms with Gasteiger partial charge in [0.05, 0.1) is 10.9 Å². The summed E-state index contributed by atoms with van der Waals surface area (Å²) < 4.78 is 5.31. The molecule has 2 rings (SSSR count). The van der Waals surface area contributed by atoms with Crippen LogP contribution in [-0.2, 0) is 11.2 Å². The van der Waals surface area contributed by atoms with Crippen LogP contribution in [0.25, 0.3) is 0 Å². The van der Waals surface area contributed by atoms with Gasteiger partial charge in [-0.15, -0.1) is 11.8 Å². The Hall–Kier alpha value is -0.770. The molecule has 0 aliphatic carbocycles. The van der Waals surface area contributed by atoms with Gasteiger partial charge in [0.1, 0.15) is 12.5 Å². The molecule has 13 heavy (non-hydrogen) atoms. The number of hydrogen-bond donors (Lipinski definition) is 0. The van der Waals surface area contributed by atoms with E-state index in [1.807, 2.05) is 11.8 Å². The average Bonchev–Trinajstić information content (AvgIpc) is 2.70. The van der Waals surface area contributed by atoms with Gasteiger partial charge in [-0.2, -0.15) is 0 Å². The number of thioether (sulfide) groups is 1. The van der Waals surface area contributed by atoms with E-state index in [0.717, 1.165) is 24.3 Å². The maximum Gasteiger partial charge on any atom is 0.207 e. The highest BCUT2D eigenvalue weighted by molar-refractivity contribution is 7.99. The van der Waals surface area contributed by atoms with Crippen molar-refractivity contribution in [2.24, 2.45) is 0 Å². The van der Waals surface area contributed by atoms with Gasteiger partial charge in [0.25, 0.3) is 0 Å². The molecule has 1 aliphatic heterocycles. The molecule has 1 fully saturated rings. The summed E-state index contributed by atoms with van der Waals surface area (Å²) in [4.78, 5) is 14.5. The molecule has 3 nitrogen and oxygen atoms in total. The molecular weight excluding hydrogens is 186 g/mol. The molecular formula is C9H11NO2S.